The molecular weight excluding hydrogens is 296 g/mol. The van der Waals surface area contributed by atoms with E-state index in [1.165, 1.54) is 51.4 Å². The van der Waals surface area contributed by atoms with Gasteiger partial charge in [0.25, 0.3) is 0 Å². The van der Waals surface area contributed by atoms with Crippen LogP contribution in [0.5, 0.6) is 0 Å². The Morgan fingerprint density at radius 2 is 1.08 bits per heavy atom. The van der Waals surface area contributed by atoms with Crippen molar-refractivity contribution in [1.82, 2.24) is 0 Å². The number of rotatable bonds is 15. The third-order valence-corrected chi connectivity index (χ3v) is 4.47. The summed E-state index contributed by atoms with van der Waals surface area (Å²) in [6.07, 6.45) is 12.8. The summed E-state index contributed by atoms with van der Waals surface area (Å²) in [5.74, 6) is 0. The van der Waals surface area contributed by atoms with E-state index in [1.807, 2.05) is 0 Å². The van der Waals surface area contributed by atoms with Crippen molar-refractivity contribution in [2.24, 2.45) is 0 Å². The van der Waals surface area contributed by atoms with Crippen LogP contribution in [0, 0.1) is 0 Å². The molecule has 0 N–H and O–H groups in total. The molecule has 0 amide bonds. The Kier molecular flexibility index (Phi) is 12.2. The number of unbranched alkanes of at least 4 members (excludes halogenated alkanes) is 6. The first-order chi connectivity index (χ1) is 11.1. The van der Waals surface area contributed by atoms with Gasteiger partial charge in [-0.05, 0) is 12.8 Å². The predicted octanol–water partition coefficient (Wildman–Crippen LogP) is 4.70. The lowest BCUT2D eigenvalue weighted by molar-refractivity contribution is -0.896. The average molecular weight is 345 g/mol. The van der Waals surface area contributed by atoms with Crippen molar-refractivity contribution < 1.29 is 13.7 Å². The van der Waals surface area contributed by atoms with Gasteiger partial charge in [0.15, 0.2) is 6.10 Å². The third kappa shape index (κ3) is 15.4. The summed E-state index contributed by atoms with van der Waals surface area (Å²) in [6.45, 7) is 6.74. The average Bonchev–Trinajstić information content (AvgIpc) is 2.41. The molecule has 0 radical (unpaired) electrons. The maximum atomic E-state index is 6.57. The van der Waals surface area contributed by atoms with E-state index >= 15 is 0 Å². The predicted molar refractivity (Wildman–Crippen MR) is 107 cm³/mol. The molecule has 0 aromatic heterocycles. The lowest BCUT2D eigenvalue weighted by atomic mass is 10.0. The van der Waals surface area contributed by atoms with Gasteiger partial charge in [-0.25, -0.2) is 0 Å². The fourth-order valence-electron chi connectivity index (χ4n) is 3.34. The first kappa shape index (κ1) is 23.9. The van der Waals surface area contributed by atoms with Crippen LogP contribution in [-0.4, -0.2) is 76.5 Å². The van der Waals surface area contributed by atoms with Gasteiger partial charge in [-0.2, -0.15) is 0 Å². The molecule has 3 heteroatoms. The van der Waals surface area contributed by atoms with E-state index in [0.717, 1.165) is 28.5 Å². The first-order valence-corrected chi connectivity index (χ1v) is 10.3. The highest BCUT2D eigenvalue weighted by Crippen LogP contribution is 2.16. The summed E-state index contributed by atoms with van der Waals surface area (Å²) in [4.78, 5) is 0. The molecule has 0 aromatic carbocycles. The minimum Gasteiger partial charge on any atom is -0.363 e. The van der Waals surface area contributed by atoms with Gasteiger partial charge in [0, 0.05) is 0 Å². The Labute approximate surface area is 153 Å². The summed E-state index contributed by atoms with van der Waals surface area (Å²) >= 11 is 0. The normalized spacial score (nSPS) is 14.4. The smallest absolute Gasteiger partial charge is 0.155 e. The SMILES string of the molecule is CCCCCCCCCC(CC)OC(C[N+](C)(C)C)C[N+](C)(C)C. The van der Waals surface area contributed by atoms with Crippen molar-refractivity contribution in [2.45, 2.75) is 83.8 Å². The Morgan fingerprint density at radius 1 is 0.625 bits per heavy atom. The number of ether oxygens (including phenoxy) is 1. The van der Waals surface area contributed by atoms with Gasteiger partial charge in [0.2, 0.25) is 0 Å². The van der Waals surface area contributed by atoms with Crippen molar-refractivity contribution >= 4 is 0 Å². The van der Waals surface area contributed by atoms with Gasteiger partial charge in [-0.15, -0.1) is 0 Å². The van der Waals surface area contributed by atoms with Crippen LogP contribution in [0.1, 0.15) is 71.6 Å². The molecule has 0 aliphatic heterocycles. The summed E-state index contributed by atoms with van der Waals surface area (Å²) in [6, 6.07) is 0. The van der Waals surface area contributed by atoms with Gasteiger partial charge in [0.1, 0.15) is 13.1 Å². The molecule has 0 aliphatic rings. The molecule has 146 valence electrons. The highest BCUT2D eigenvalue weighted by atomic mass is 16.5. The van der Waals surface area contributed by atoms with Crippen LogP contribution in [0.3, 0.4) is 0 Å². The van der Waals surface area contributed by atoms with Crippen LogP contribution >= 0.6 is 0 Å². The number of hydrogen-bond donors (Lipinski definition) is 0. The molecule has 0 heterocycles. The highest BCUT2D eigenvalue weighted by molar-refractivity contribution is 4.63. The molecule has 3 nitrogen and oxygen atoms in total. The molecule has 0 saturated carbocycles. The van der Waals surface area contributed by atoms with Gasteiger partial charge in [-0.3, -0.25) is 0 Å². The van der Waals surface area contributed by atoms with Crippen LogP contribution in [0.15, 0.2) is 0 Å². The molecule has 1 atom stereocenters. The molecular formula is C21H48N2O+2. The van der Waals surface area contributed by atoms with E-state index < -0.39 is 0 Å². The minimum atomic E-state index is 0.347. The second-order valence-corrected chi connectivity index (χ2v) is 9.64. The van der Waals surface area contributed by atoms with Gasteiger partial charge < -0.3 is 13.7 Å². The number of hydrogen-bond acceptors (Lipinski definition) is 1. The fourth-order valence-corrected chi connectivity index (χ4v) is 3.34. The molecule has 0 bridgehead atoms. The van der Waals surface area contributed by atoms with Gasteiger partial charge in [-0.1, -0.05) is 58.8 Å². The molecule has 0 rings (SSSR count). The third-order valence-electron chi connectivity index (χ3n) is 4.47. The van der Waals surface area contributed by atoms with Crippen LogP contribution in [0.25, 0.3) is 0 Å². The van der Waals surface area contributed by atoms with E-state index in [9.17, 15) is 0 Å². The van der Waals surface area contributed by atoms with E-state index in [1.54, 1.807) is 0 Å². The maximum absolute atomic E-state index is 6.57. The van der Waals surface area contributed by atoms with Crippen LogP contribution in [0.2, 0.25) is 0 Å². The summed E-state index contributed by atoms with van der Waals surface area (Å²) in [5, 5.41) is 0. The standard InChI is InChI=1S/C21H48N2O/c1-9-11-12-13-14-15-16-17-20(10-2)24-21(18-22(3,4)5)19-23(6,7)8/h20-21H,9-19H2,1-8H3/q+2. The number of quaternary nitrogens is 2. The number of likely N-dealkylation sites (N-methyl/N-ethyl adjacent to an activating group) is 2. The largest absolute Gasteiger partial charge is 0.363 e. The maximum Gasteiger partial charge on any atom is 0.155 e. The molecule has 0 aromatic rings. The monoisotopic (exact) mass is 344 g/mol. The van der Waals surface area contributed by atoms with Crippen LogP contribution in [0.4, 0.5) is 0 Å². The molecule has 0 fully saturated rings. The summed E-state index contributed by atoms with van der Waals surface area (Å²) < 4.78 is 8.51. The second kappa shape index (κ2) is 12.3. The van der Waals surface area contributed by atoms with Crippen molar-refractivity contribution in [3.8, 4) is 0 Å². The van der Waals surface area contributed by atoms with Crippen molar-refractivity contribution in [2.75, 3.05) is 55.4 Å². The Morgan fingerprint density at radius 3 is 1.50 bits per heavy atom. The molecule has 1 unspecified atom stereocenters. The lowest BCUT2D eigenvalue weighted by Crippen LogP contribution is -2.51. The van der Waals surface area contributed by atoms with Crippen molar-refractivity contribution in [3.05, 3.63) is 0 Å². The van der Waals surface area contributed by atoms with E-state index in [0.29, 0.717) is 12.2 Å². The fraction of sp³-hybridized carbons (Fsp3) is 1.00. The van der Waals surface area contributed by atoms with Crippen LogP contribution in [-0.2, 0) is 4.74 Å². The quantitative estimate of drug-likeness (QED) is 0.309. The Hall–Kier alpha value is -0.120. The lowest BCUT2D eigenvalue weighted by Gasteiger charge is -2.35. The van der Waals surface area contributed by atoms with Gasteiger partial charge >= 0.3 is 0 Å². The zero-order valence-corrected chi connectivity index (χ0v) is 18.2. The summed E-state index contributed by atoms with van der Waals surface area (Å²) in [5.41, 5.74) is 0. The van der Waals surface area contributed by atoms with Crippen molar-refractivity contribution in [1.29, 1.82) is 0 Å². The number of nitrogens with zero attached hydrogens (tertiary/aromatic N) is 2. The molecule has 0 spiro atoms. The first-order valence-electron chi connectivity index (χ1n) is 10.3. The molecule has 0 saturated heterocycles. The van der Waals surface area contributed by atoms with E-state index in [-0.39, 0.29) is 0 Å². The minimum absolute atomic E-state index is 0.347. The Bertz CT molecular complexity index is 275. The summed E-state index contributed by atoms with van der Waals surface area (Å²) in [7, 11) is 13.6. The van der Waals surface area contributed by atoms with Crippen molar-refractivity contribution in [3.63, 3.8) is 0 Å². The molecule has 24 heavy (non-hydrogen) atoms. The zero-order chi connectivity index (χ0) is 18.6. The van der Waals surface area contributed by atoms with Gasteiger partial charge in [0.05, 0.1) is 48.4 Å². The van der Waals surface area contributed by atoms with E-state index in [2.05, 4.69) is 56.1 Å². The van der Waals surface area contributed by atoms with Crippen LogP contribution < -0.4 is 0 Å². The highest BCUT2D eigenvalue weighted by Gasteiger charge is 2.27. The van der Waals surface area contributed by atoms with E-state index in [4.69, 9.17) is 4.74 Å². The Balaban J connectivity index is 4.24. The topological polar surface area (TPSA) is 9.23 Å². The zero-order valence-electron chi connectivity index (χ0n) is 18.2. The molecule has 0 aliphatic carbocycles. The second-order valence-electron chi connectivity index (χ2n) is 9.64.